The van der Waals surface area contributed by atoms with E-state index in [0.29, 0.717) is 0 Å². The molecule has 0 aliphatic carbocycles. The van der Waals surface area contributed by atoms with Crippen LogP contribution in [0.2, 0.25) is 0 Å². The van der Waals surface area contributed by atoms with Crippen LogP contribution in [0.1, 0.15) is 22.5 Å². The van der Waals surface area contributed by atoms with Gasteiger partial charge in [0.25, 0.3) is 0 Å². The number of nitrogens with zero attached hydrogens (tertiary/aromatic N) is 4. The van der Waals surface area contributed by atoms with Crippen molar-refractivity contribution in [1.29, 1.82) is 10.5 Å². The van der Waals surface area contributed by atoms with E-state index in [0.717, 1.165) is 27.8 Å². The molecule has 28 heavy (non-hydrogen) atoms. The van der Waals surface area contributed by atoms with Crippen LogP contribution < -0.4 is 5.73 Å². The van der Waals surface area contributed by atoms with E-state index in [1.54, 1.807) is 6.08 Å². The van der Waals surface area contributed by atoms with Gasteiger partial charge in [-0.1, -0.05) is 36.4 Å². The Balaban J connectivity index is 1.92. The van der Waals surface area contributed by atoms with Gasteiger partial charge in [-0.2, -0.15) is 15.6 Å². The van der Waals surface area contributed by atoms with Crippen LogP contribution >= 0.6 is 0 Å². The van der Waals surface area contributed by atoms with Crippen LogP contribution in [0.15, 0.2) is 54.6 Å². The largest absolute Gasteiger partial charge is 0.382 e. The molecule has 0 fully saturated rings. The van der Waals surface area contributed by atoms with Gasteiger partial charge in [0.15, 0.2) is 0 Å². The van der Waals surface area contributed by atoms with Crippen LogP contribution in [0.3, 0.4) is 0 Å². The van der Waals surface area contributed by atoms with Gasteiger partial charge in [0.1, 0.15) is 29.2 Å². The molecule has 2 aromatic carbocycles. The van der Waals surface area contributed by atoms with E-state index in [2.05, 4.69) is 22.2 Å². The van der Waals surface area contributed by atoms with Gasteiger partial charge in [-0.3, -0.25) is 0 Å². The van der Waals surface area contributed by atoms with E-state index < -0.39 is 0 Å². The van der Waals surface area contributed by atoms with Crippen molar-refractivity contribution in [3.63, 3.8) is 0 Å². The number of hydrogen-bond acceptors (Lipinski definition) is 4. The van der Waals surface area contributed by atoms with E-state index in [-0.39, 0.29) is 22.6 Å². The van der Waals surface area contributed by atoms with Crippen LogP contribution in [-0.2, 0) is 0 Å². The quantitative estimate of drug-likeness (QED) is 0.532. The summed E-state index contributed by atoms with van der Waals surface area (Å²) in [4.78, 5) is 3.31. The molecule has 0 radical (unpaired) electrons. The fraction of sp³-hybridized carbons (Fsp3) is 0.0455. The summed E-state index contributed by atoms with van der Waals surface area (Å²) in [5, 5.41) is 24.9. The molecule has 3 N–H and O–H groups in total. The van der Waals surface area contributed by atoms with Gasteiger partial charge in [0.05, 0.1) is 11.3 Å². The number of H-pyrrole nitrogens is 1. The second kappa shape index (κ2) is 6.79. The molecule has 0 aliphatic rings. The molecule has 0 amide bonds. The molecule has 0 aliphatic heterocycles. The minimum atomic E-state index is 0.189. The monoisotopic (exact) mass is 364 g/mol. The lowest BCUT2D eigenvalue weighted by Crippen LogP contribution is -2.02. The van der Waals surface area contributed by atoms with Crippen molar-refractivity contribution in [2.45, 2.75) is 6.92 Å². The number of hydrogen-bond donors (Lipinski definition) is 2. The van der Waals surface area contributed by atoms with Gasteiger partial charge in [0, 0.05) is 22.2 Å². The summed E-state index contributed by atoms with van der Waals surface area (Å²) >= 11 is 0. The lowest BCUT2D eigenvalue weighted by molar-refractivity contribution is 0.885. The lowest BCUT2D eigenvalue weighted by Gasteiger charge is -2.02. The fourth-order valence-corrected chi connectivity index (χ4v) is 3.28. The Morgan fingerprint density at radius 3 is 2.54 bits per heavy atom. The van der Waals surface area contributed by atoms with Gasteiger partial charge in [-0.05, 0) is 31.2 Å². The number of fused-ring (bicyclic) bond motifs is 1. The van der Waals surface area contributed by atoms with E-state index in [4.69, 9.17) is 5.73 Å². The van der Waals surface area contributed by atoms with E-state index in [9.17, 15) is 10.5 Å². The van der Waals surface area contributed by atoms with Gasteiger partial charge in [-0.15, -0.1) is 0 Å². The molecule has 0 spiro atoms. The number of nitriles is 2. The zero-order valence-electron chi connectivity index (χ0n) is 15.1. The summed E-state index contributed by atoms with van der Waals surface area (Å²) in [5.74, 6) is 0.209. The predicted molar refractivity (Wildman–Crippen MR) is 109 cm³/mol. The average molecular weight is 364 g/mol. The predicted octanol–water partition coefficient (Wildman–Crippen LogP) is 4.18. The summed E-state index contributed by atoms with van der Waals surface area (Å²) in [6.45, 7) is 1.95. The first-order chi connectivity index (χ1) is 13.6. The highest BCUT2D eigenvalue weighted by molar-refractivity contribution is 5.99. The van der Waals surface area contributed by atoms with E-state index in [1.807, 2.05) is 61.5 Å². The Morgan fingerprint density at radius 1 is 1.11 bits per heavy atom. The minimum Gasteiger partial charge on any atom is -0.382 e. The van der Waals surface area contributed by atoms with Gasteiger partial charge < -0.3 is 10.7 Å². The molecule has 4 rings (SSSR count). The number of aryl methyl sites for hydroxylation is 1. The van der Waals surface area contributed by atoms with Crippen LogP contribution in [0.4, 0.5) is 5.82 Å². The van der Waals surface area contributed by atoms with Gasteiger partial charge in [-0.25, -0.2) is 4.68 Å². The Kier molecular flexibility index (Phi) is 4.16. The number of para-hydroxylation sites is 2. The molecule has 134 valence electrons. The molecule has 2 heterocycles. The summed E-state index contributed by atoms with van der Waals surface area (Å²) in [5.41, 5.74) is 10.5. The van der Waals surface area contributed by atoms with Crippen LogP contribution in [0, 0.1) is 29.6 Å². The van der Waals surface area contributed by atoms with Crippen molar-refractivity contribution in [3.8, 4) is 17.8 Å². The maximum Gasteiger partial charge on any atom is 0.145 e. The maximum atomic E-state index is 9.80. The fourth-order valence-electron chi connectivity index (χ4n) is 3.28. The van der Waals surface area contributed by atoms with Crippen molar-refractivity contribution in [1.82, 2.24) is 14.8 Å². The first-order valence-electron chi connectivity index (χ1n) is 8.67. The van der Waals surface area contributed by atoms with E-state index in [1.165, 1.54) is 4.68 Å². The molecule has 2 aromatic heterocycles. The van der Waals surface area contributed by atoms with Crippen molar-refractivity contribution in [2.24, 2.45) is 0 Å². The second-order valence-electron chi connectivity index (χ2n) is 6.35. The summed E-state index contributed by atoms with van der Waals surface area (Å²) in [6.07, 6.45) is 1.76. The SMILES string of the molecule is Cc1[nH]c2ccccc2c1/C=C(\C#N)c1nn(-c2ccccc2)c(N)c1C#N. The number of nitrogens with two attached hydrogens (primary N) is 1. The molecule has 6 nitrogen and oxygen atoms in total. The summed E-state index contributed by atoms with van der Waals surface area (Å²) in [7, 11) is 0. The zero-order chi connectivity index (χ0) is 19.7. The Bertz CT molecular complexity index is 1290. The Hall–Kier alpha value is -4.29. The van der Waals surface area contributed by atoms with Crippen molar-refractivity contribution < 1.29 is 0 Å². The third-order valence-electron chi connectivity index (χ3n) is 4.64. The molecule has 0 unspecified atom stereocenters. The second-order valence-corrected chi connectivity index (χ2v) is 6.35. The number of aromatic nitrogens is 3. The van der Waals surface area contributed by atoms with Gasteiger partial charge >= 0.3 is 0 Å². The zero-order valence-corrected chi connectivity index (χ0v) is 15.1. The molecule has 0 bridgehead atoms. The third kappa shape index (κ3) is 2.70. The minimum absolute atomic E-state index is 0.189. The number of nitrogen functional groups attached to an aromatic ring is 1. The van der Waals surface area contributed by atoms with Crippen LogP contribution in [-0.4, -0.2) is 14.8 Å². The highest BCUT2D eigenvalue weighted by Gasteiger charge is 2.20. The number of benzene rings is 2. The van der Waals surface area contributed by atoms with Crippen molar-refractivity contribution in [2.75, 3.05) is 5.73 Å². The highest BCUT2D eigenvalue weighted by Crippen LogP contribution is 2.30. The number of aromatic amines is 1. The van der Waals surface area contributed by atoms with Crippen molar-refractivity contribution in [3.05, 3.63) is 77.1 Å². The number of rotatable bonds is 3. The van der Waals surface area contributed by atoms with Crippen LogP contribution in [0.5, 0.6) is 0 Å². The number of anilines is 1. The molecule has 0 saturated heterocycles. The molecular weight excluding hydrogens is 348 g/mol. The van der Waals surface area contributed by atoms with Crippen LogP contribution in [0.25, 0.3) is 28.2 Å². The molecule has 4 aromatic rings. The van der Waals surface area contributed by atoms with E-state index >= 15 is 0 Å². The summed E-state index contributed by atoms with van der Waals surface area (Å²) in [6, 6.07) is 21.4. The maximum absolute atomic E-state index is 9.80. The topological polar surface area (TPSA) is 107 Å². The third-order valence-corrected chi connectivity index (χ3v) is 4.64. The molecule has 0 atom stereocenters. The first kappa shape index (κ1) is 17.1. The summed E-state index contributed by atoms with van der Waals surface area (Å²) < 4.78 is 1.49. The Labute approximate surface area is 161 Å². The Morgan fingerprint density at radius 2 is 1.82 bits per heavy atom. The molecule has 0 saturated carbocycles. The first-order valence-corrected chi connectivity index (χ1v) is 8.67. The smallest absolute Gasteiger partial charge is 0.145 e. The highest BCUT2D eigenvalue weighted by atomic mass is 15.3. The van der Waals surface area contributed by atoms with Gasteiger partial charge in [0.2, 0.25) is 0 Å². The number of nitrogens with one attached hydrogen (secondary N) is 1. The molecule has 6 heteroatoms. The average Bonchev–Trinajstić information content (AvgIpc) is 3.22. The standard InChI is InChI=1S/C22H16N6/c1-14-18(17-9-5-6-10-20(17)26-14)11-15(12-23)21-19(13-24)22(25)28(27-21)16-7-3-2-4-8-16/h2-11,26H,25H2,1H3/b15-11+. The van der Waals surface area contributed by atoms with Crippen molar-refractivity contribution >= 4 is 28.4 Å². The normalized spacial score (nSPS) is 11.3. The molecular formula is C22H16N6. The number of allylic oxidation sites excluding steroid dienone is 1. The lowest BCUT2D eigenvalue weighted by atomic mass is 10.0.